The van der Waals surface area contributed by atoms with Gasteiger partial charge in [0.1, 0.15) is 0 Å². The van der Waals surface area contributed by atoms with E-state index in [9.17, 15) is 0 Å². The highest BCUT2D eigenvalue weighted by molar-refractivity contribution is 4.95. The highest BCUT2D eigenvalue weighted by Crippen LogP contribution is 2.27. The van der Waals surface area contributed by atoms with E-state index in [1.807, 2.05) is 0 Å². The van der Waals surface area contributed by atoms with Gasteiger partial charge in [-0.05, 0) is 45.7 Å². The summed E-state index contributed by atoms with van der Waals surface area (Å²) in [6, 6.07) is 0.296. The van der Waals surface area contributed by atoms with Crippen molar-refractivity contribution in [3.63, 3.8) is 0 Å². The number of nitrogens with zero attached hydrogens (tertiary/aromatic N) is 1. The van der Waals surface area contributed by atoms with Crippen molar-refractivity contribution in [1.29, 1.82) is 0 Å². The zero-order valence-corrected chi connectivity index (χ0v) is 11.5. The van der Waals surface area contributed by atoms with E-state index in [2.05, 4.69) is 46.7 Å². The normalized spacial score (nSPS) is 15.0. The lowest BCUT2D eigenvalue weighted by Gasteiger charge is -2.43. The maximum absolute atomic E-state index is 6.38. The van der Waals surface area contributed by atoms with Gasteiger partial charge in [-0.1, -0.05) is 27.7 Å². The summed E-state index contributed by atoms with van der Waals surface area (Å²) in [5.74, 6) is 0.754. The molecule has 2 heteroatoms. The summed E-state index contributed by atoms with van der Waals surface area (Å²) in [4.78, 5) is 2.32. The van der Waals surface area contributed by atoms with Crippen molar-refractivity contribution in [2.45, 2.75) is 65.0 Å². The minimum Gasteiger partial charge on any atom is -0.326 e. The molecular weight excluding hydrogens is 184 g/mol. The predicted molar refractivity (Wildman–Crippen MR) is 69.0 cm³/mol. The van der Waals surface area contributed by atoms with Crippen molar-refractivity contribution >= 4 is 0 Å². The monoisotopic (exact) mass is 214 g/mol. The zero-order valence-electron chi connectivity index (χ0n) is 11.5. The van der Waals surface area contributed by atoms with E-state index in [-0.39, 0.29) is 5.54 Å². The lowest BCUT2D eigenvalue weighted by Crippen LogP contribution is -2.56. The molecule has 0 spiro atoms. The maximum atomic E-state index is 6.38. The van der Waals surface area contributed by atoms with Gasteiger partial charge in [0.05, 0.1) is 0 Å². The summed E-state index contributed by atoms with van der Waals surface area (Å²) >= 11 is 0. The van der Waals surface area contributed by atoms with E-state index >= 15 is 0 Å². The second-order valence-electron chi connectivity index (χ2n) is 5.28. The summed E-state index contributed by atoms with van der Waals surface area (Å²) < 4.78 is 0. The fourth-order valence-corrected chi connectivity index (χ4v) is 2.52. The Balaban J connectivity index is 4.47. The molecule has 0 fully saturated rings. The van der Waals surface area contributed by atoms with Crippen LogP contribution in [0, 0.1) is 5.92 Å². The molecule has 0 aromatic heterocycles. The largest absolute Gasteiger partial charge is 0.326 e. The Bertz CT molecular complexity index is 160. The lowest BCUT2D eigenvalue weighted by atomic mass is 9.80. The van der Waals surface area contributed by atoms with E-state index in [1.54, 1.807) is 0 Å². The van der Waals surface area contributed by atoms with Gasteiger partial charge >= 0.3 is 0 Å². The lowest BCUT2D eigenvalue weighted by molar-refractivity contribution is 0.0992. The van der Waals surface area contributed by atoms with Gasteiger partial charge in [-0.15, -0.1) is 0 Å². The van der Waals surface area contributed by atoms with Gasteiger partial charge < -0.3 is 10.6 Å². The molecule has 0 amide bonds. The van der Waals surface area contributed by atoms with Crippen LogP contribution in [-0.2, 0) is 0 Å². The van der Waals surface area contributed by atoms with Crippen molar-refractivity contribution in [2.75, 3.05) is 14.1 Å². The van der Waals surface area contributed by atoms with Gasteiger partial charge in [0.2, 0.25) is 0 Å². The summed E-state index contributed by atoms with van der Waals surface area (Å²) in [6.07, 6.45) is 4.64. The molecule has 2 N–H and O–H groups in total. The van der Waals surface area contributed by atoms with E-state index in [0.29, 0.717) is 6.04 Å². The van der Waals surface area contributed by atoms with Crippen molar-refractivity contribution in [3.8, 4) is 0 Å². The smallest absolute Gasteiger partial charge is 0.0349 e. The van der Waals surface area contributed by atoms with Gasteiger partial charge in [-0.2, -0.15) is 0 Å². The Morgan fingerprint density at radius 2 is 1.53 bits per heavy atom. The van der Waals surface area contributed by atoms with Crippen LogP contribution in [0.25, 0.3) is 0 Å². The Morgan fingerprint density at radius 3 is 1.80 bits per heavy atom. The van der Waals surface area contributed by atoms with Gasteiger partial charge in [-0.25, -0.2) is 0 Å². The van der Waals surface area contributed by atoms with Gasteiger partial charge in [0, 0.05) is 11.6 Å². The number of nitrogens with two attached hydrogens (primary N) is 1. The molecule has 0 aliphatic rings. The second-order valence-corrected chi connectivity index (χ2v) is 5.28. The quantitative estimate of drug-likeness (QED) is 0.706. The minimum absolute atomic E-state index is 0.189. The standard InChI is InChI=1S/C13H30N2/c1-7-13(8-2,15(5)6)12(14)10-9-11(3)4/h11-12H,7-10,14H2,1-6H3. The van der Waals surface area contributed by atoms with Crippen LogP contribution in [-0.4, -0.2) is 30.6 Å². The van der Waals surface area contributed by atoms with Crippen LogP contribution >= 0.6 is 0 Å². The molecule has 15 heavy (non-hydrogen) atoms. The summed E-state index contributed by atoms with van der Waals surface area (Å²) in [7, 11) is 4.31. The van der Waals surface area contributed by atoms with Crippen molar-refractivity contribution in [1.82, 2.24) is 4.90 Å². The Hall–Kier alpha value is -0.0800. The molecule has 1 unspecified atom stereocenters. The average Bonchev–Trinajstić information content (AvgIpc) is 2.17. The molecule has 0 aliphatic carbocycles. The molecule has 1 atom stereocenters. The third kappa shape index (κ3) is 3.76. The molecule has 0 aromatic carbocycles. The number of hydrogen-bond acceptors (Lipinski definition) is 2. The highest BCUT2D eigenvalue weighted by atomic mass is 15.2. The summed E-state index contributed by atoms with van der Waals surface area (Å²) in [5, 5.41) is 0. The van der Waals surface area contributed by atoms with Crippen LogP contribution in [0.2, 0.25) is 0 Å². The number of hydrogen-bond donors (Lipinski definition) is 1. The second kappa shape index (κ2) is 6.49. The van der Waals surface area contributed by atoms with E-state index in [1.165, 1.54) is 6.42 Å². The summed E-state index contributed by atoms with van der Waals surface area (Å²) in [5.41, 5.74) is 6.57. The van der Waals surface area contributed by atoms with E-state index in [4.69, 9.17) is 5.73 Å². The van der Waals surface area contributed by atoms with E-state index in [0.717, 1.165) is 25.2 Å². The third-order valence-corrected chi connectivity index (χ3v) is 3.86. The molecule has 0 bridgehead atoms. The first-order valence-electron chi connectivity index (χ1n) is 6.33. The third-order valence-electron chi connectivity index (χ3n) is 3.86. The van der Waals surface area contributed by atoms with Crippen molar-refractivity contribution < 1.29 is 0 Å². The maximum Gasteiger partial charge on any atom is 0.0349 e. The molecule has 0 radical (unpaired) electrons. The molecule has 0 saturated carbocycles. The Labute approximate surface area is 96.2 Å². The highest BCUT2D eigenvalue weighted by Gasteiger charge is 2.34. The van der Waals surface area contributed by atoms with Crippen LogP contribution in [0.5, 0.6) is 0 Å². The van der Waals surface area contributed by atoms with Crippen LogP contribution in [0.15, 0.2) is 0 Å². The molecule has 0 aromatic rings. The van der Waals surface area contributed by atoms with Crippen LogP contribution in [0.4, 0.5) is 0 Å². The summed E-state index contributed by atoms with van der Waals surface area (Å²) in [6.45, 7) is 9.03. The van der Waals surface area contributed by atoms with Crippen molar-refractivity contribution in [2.24, 2.45) is 11.7 Å². The number of rotatable bonds is 7. The van der Waals surface area contributed by atoms with E-state index < -0.39 is 0 Å². The van der Waals surface area contributed by atoms with Gasteiger partial charge in [0.25, 0.3) is 0 Å². The fraction of sp³-hybridized carbons (Fsp3) is 1.00. The van der Waals surface area contributed by atoms with Crippen molar-refractivity contribution in [3.05, 3.63) is 0 Å². The topological polar surface area (TPSA) is 29.3 Å². The predicted octanol–water partition coefficient (Wildman–Crippen LogP) is 2.87. The molecule has 0 heterocycles. The average molecular weight is 214 g/mol. The zero-order chi connectivity index (χ0) is 12.1. The first-order chi connectivity index (χ1) is 6.90. The molecular formula is C13H30N2. The Morgan fingerprint density at radius 1 is 1.07 bits per heavy atom. The Kier molecular flexibility index (Phi) is 6.46. The van der Waals surface area contributed by atoms with Gasteiger partial charge in [-0.3, -0.25) is 0 Å². The van der Waals surface area contributed by atoms with Crippen LogP contribution in [0.1, 0.15) is 53.4 Å². The minimum atomic E-state index is 0.189. The molecule has 2 nitrogen and oxygen atoms in total. The van der Waals surface area contributed by atoms with Crippen LogP contribution < -0.4 is 5.73 Å². The first-order valence-corrected chi connectivity index (χ1v) is 6.33. The molecule has 0 aliphatic heterocycles. The molecule has 92 valence electrons. The molecule has 0 rings (SSSR count). The fourth-order valence-electron chi connectivity index (χ4n) is 2.52. The SMILES string of the molecule is CCC(CC)(C(N)CCC(C)C)N(C)C. The number of likely N-dealkylation sites (N-methyl/N-ethyl adjacent to an activating group) is 1. The van der Waals surface area contributed by atoms with Gasteiger partial charge in [0.15, 0.2) is 0 Å². The first kappa shape index (κ1) is 14.9. The van der Waals surface area contributed by atoms with Crippen LogP contribution in [0.3, 0.4) is 0 Å². The molecule has 0 saturated heterocycles.